The summed E-state index contributed by atoms with van der Waals surface area (Å²) in [6.07, 6.45) is -0.257. The Balaban J connectivity index is 1.95. The smallest absolute Gasteiger partial charge is 0.432 e. The van der Waals surface area contributed by atoms with Crippen molar-refractivity contribution in [1.29, 1.82) is 0 Å². The van der Waals surface area contributed by atoms with Gasteiger partial charge in [0.15, 0.2) is 11.5 Å². The lowest BCUT2D eigenvalue weighted by Crippen LogP contribution is -2.20. The fraction of sp³-hybridized carbons (Fsp3) is 0.632. The maximum Gasteiger partial charge on any atom is 0.510 e. The fourth-order valence-electron chi connectivity index (χ4n) is 2.45. The lowest BCUT2D eigenvalue weighted by molar-refractivity contribution is -0.0294. The zero-order valence-electron chi connectivity index (χ0n) is 20.1. The van der Waals surface area contributed by atoms with Crippen LogP contribution in [-0.4, -0.2) is 70.1 Å². The summed E-state index contributed by atoms with van der Waals surface area (Å²) in [6, 6.07) is 0. The van der Waals surface area contributed by atoms with Crippen LogP contribution in [0, 0.1) is 0 Å². The normalized spacial score (nSPS) is 12.7. The number of rotatable bonds is 13. The van der Waals surface area contributed by atoms with Gasteiger partial charge >= 0.3 is 12.3 Å². The minimum atomic E-state index is -3.22. The quantitative estimate of drug-likeness (QED) is 0.225. The van der Waals surface area contributed by atoms with Gasteiger partial charge in [0.05, 0.1) is 31.2 Å². The van der Waals surface area contributed by atoms with Crippen LogP contribution in [0.5, 0.6) is 0 Å². The standard InChI is InChI=1S/C19H30N5O9PS/c1-12(2)32-18(25)27-9-30-34(35,31-10-28-19(26)33-13(3)4)11-29-14(5)6-24-8-23-15-16(20)21-7-22-17(15)24/h7-8,12-14H,6,9-11H2,1-5H3,(H2,20,21,22)/t14-/m1/s1. The number of carbonyl (C=O) groups is 2. The number of fused-ring (bicyclic) bond motifs is 1. The maximum absolute atomic E-state index is 11.6. The Morgan fingerprint density at radius 3 is 2.11 bits per heavy atom. The molecule has 2 rings (SSSR count). The topological polar surface area (TPSA) is 168 Å². The monoisotopic (exact) mass is 535 g/mol. The van der Waals surface area contributed by atoms with Crippen molar-refractivity contribution in [2.45, 2.75) is 59.5 Å². The summed E-state index contributed by atoms with van der Waals surface area (Å²) >= 11 is 5.46. The summed E-state index contributed by atoms with van der Waals surface area (Å²) in [5, 5.41) is 0. The molecule has 0 unspecified atom stereocenters. The van der Waals surface area contributed by atoms with Gasteiger partial charge in [0.25, 0.3) is 0 Å². The SMILES string of the molecule is CC(C)OC(=O)OCOP(=S)(CO[C@H](C)Cn1cnc2c(N)ncnc21)OCOC(=O)OC(C)C. The van der Waals surface area contributed by atoms with Crippen LogP contribution < -0.4 is 5.73 Å². The minimum Gasteiger partial charge on any atom is -0.432 e. The molecule has 0 bridgehead atoms. The molecule has 0 fully saturated rings. The van der Waals surface area contributed by atoms with Gasteiger partial charge in [0.2, 0.25) is 20.1 Å². The van der Waals surface area contributed by atoms with Crippen LogP contribution in [0.25, 0.3) is 11.2 Å². The van der Waals surface area contributed by atoms with Crippen LogP contribution in [0.4, 0.5) is 15.4 Å². The van der Waals surface area contributed by atoms with Crippen LogP contribution in [0.1, 0.15) is 34.6 Å². The van der Waals surface area contributed by atoms with E-state index in [0.717, 1.165) is 0 Å². The Bertz CT molecular complexity index is 1000. The molecule has 0 aliphatic rings. The van der Waals surface area contributed by atoms with E-state index in [2.05, 4.69) is 15.0 Å². The number of hydrogen-bond donors (Lipinski definition) is 1. The van der Waals surface area contributed by atoms with Gasteiger partial charge in [0.1, 0.15) is 18.2 Å². The second-order valence-electron chi connectivity index (χ2n) is 7.66. The summed E-state index contributed by atoms with van der Waals surface area (Å²) in [7, 11) is 0. The van der Waals surface area contributed by atoms with Gasteiger partial charge in [-0.2, -0.15) is 0 Å². The molecule has 2 N–H and O–H groups in total. The third-order valence-corrected chi connectivity index (χ3v) is 6.33. The van der Waals surface area contributed by atoms with Crippen LogP contribution >= 0.6 is 6.49 Å². The van der Waals surface area contributed by atoms with Gasteiger partial charge in [0, 0.05) is 0 Å². The molecule has 0 radical (unpaired) electrons. The largest absolute Gasteiger partial charge is 0.510 e. The lowest BCUT2D eigenvalue weighted by Gasteiger charge is -2.24. The number of aromatic nitrogens is 4. The molecule has 35 heavy (non-hydrogen) atoms. The first-order valence-electron chi connectivity index (χ1n) is 10.6. The third-order valence-electron chi connectivity index (χ3n) is 3.92. The molecular weight excluding hydrogens is 505 g/mol. The van der Waals surface area contributed by atoms with Crippen LogP contribution in [0.3, 0.4) is 0 Å². The summed E-state index contributed by atoms with van der Waals surface area (Å²) in [4.78, 5) is 35.5. The second kappa shape index (κ2) is 13.5. The predicted molar refractivity (Wildman–Crippen MR) is 127 cm³/mol. The highest BCUT2D eigenvalue weighted by Gasteiger charge is 2.24. The van der Waals surface area contributed by atoms with Crippen LogP contribution in [0.2, 0.25) is 0 Å². The molecule has 2 aromatic heterocycles. The molecule has 0 aliphatic heterocycles. The van der Waals surface area contributed by atoms with E-state index >= 15 is 0 Å². The zero-order valence-corrected chi connectivity index (χ0v) is 21.8. The molecule has 2 aromatic rings. The number of anilines is 1. The number of nitrogen functional groups attached to an aromatic ring is 1. The van der Waals surface area contributed by atoms with Crippen molar-refractivity contribution in [2.24, 2.45) is 0 Å². The van der Waals surface area contributed by atoms with Gasteiger partial charge in [-0.3, -0.25) is 9.05 Å². The van der Waals surface area contributed by atoms with Crippen molar-refractivity contribution in [2.75, 3.05) is 25.7 Å². The highest BCUT2D eigenvalue weighted by atomic mass is 32.5. The van der Waals surface area contributed by atoms with Crippen molar-refractivity contribution >= 4 is 47.6 Å². The van der Waals surface area contributed by atoms with Crippen molar-refractivity contribution in [1.82, 2.24) is 19.5 Å². The van der Waals surface area contributed by atoms with E-state index in [1.165, 1.54) is 6.33 Å². The van der Waals surface area contributed by atoms with Crippen molar-refractivity contribution in [3.05, 3.63) is 12.7 Å². The first-order chi connectivity index (χ1) is 16.5. The van der Waals surface area contributed by atoms with Crippen LogP contribution in [-0.2, 0) is 51.1 Å². The third kappa shape index (κ3) is 9.90. The predicted octanol–water partition coefficient (Wildman–Crippen LogP) is 3.15. The number of carbonyl (C=O) groups excluding carboxylic acids is 2. The van der Waals surface area contributed by atoms with Crippen molar-refractivity contribution < 1.29 is 42.3 Å². The average Bonchev–Trinajstić information content (AvgIpc) is 3.15. The molecule has 16 heteroatoms. The summed E-state index contributed by atoms with van der Waals surface area (Å²) in [6.45, 7) is 4.52. The van der Waals surface area contributed by atoms with Crippen LogP contribution in [0.15, 0.2) is 12.7 Å². The van der Waals surface area contributed by atoms with E-state index in [1.807, 2.05) is 0 Å². The van der Waals surface area contributed by atoms with Gasteiger partial charge in [-0.1, -0.05) is 0 Å². The zero-order chi connectivity index (χ0) is 26.0. The molecule has 0 amide bonds. The summed E-state index contributed by atoms with van der Waals surface area (Å²) < 4.78 is 38.0. The molecule has 0 spiro atoms. The molecule has 0 aromatic carbocycles. The highest BCUT2D eigenvalue weighted by Crippen LogP contribution is 2.48. The Hall–Kier alpha value is -2.58. The molecule has 0 aliphatic carbocycles. The number of imidazole rings is 1. The summed E-state index contributed by atoms with van der Waals surface area (Å²) in [5.74, 6) is 0.270. The number of hydrogen-bond acceptors (Lipinski definition) is 14. The molecule has 2 heterocycles. The fourth-order valence-corrected chi connectivity index (χ4v) is 3.98. The van der Waals surface area contributed by atoms with Gasteiger partial charge in [-0.25, -0.2) is 24.5 Å². The van der Waals surface area contributed by atoms with E-state index in [-0.39, 0.29) is 24.4 Å². The van der Waals surface area contributed by atoms with Gasteiger partial charge in [-0.15, -0.1) is 0 Å². The maximum atomic E-state index is 11.6. The number of ether oxygens (including phenoxy) is 5. The second-order valence-corrected chi connectivity index (χ2v) is 11.3. The van der Waals surface area contributed by atoms with E-state index in [0.29, 0.717) is 17.7 Å². The Morgan fingerprint density at radius 2 is 1.57 bits per heavy atom. The molecule has 0 saturated heterocycles. The van der Waals surface area contributed by atoms with E-state index in [9.17, 15) is 9.59 Å². The average molecular weight is 536 g/mol. The Labute approximate surface area is 207 Å². The number of nitrogens with two attached hydrogens (primary N) is 1. The molecule has 1 atom stereocenters. The first kappa shape index (κ1) is 28.7. The molecule has 14 nitrogen and oxygen atoms in total. The minimum absolute atomic E-state index is 0.182. The van der Waals surface area contributed by atoms with Gasteiger partial charge < -0.3 is 34.0 Å². The summed E-state index contributed by atoms with van der Waals surface area (Å²) in [5.41, 5.74) is 6.84. The number of nitrogens with zero attached hydrogens (tertiary/aromatic N) is 4. The van der Waals surface area contributed by atoms with E-state index in [4.69, 9.17) is 50.3 Å². The lowest BCUT2D eigenvalue weighted by atomic mass is 10.4. The van der Waals surface area contributed by atoms with E-state index in [1.54, 1.807) is 45.5 Å². The van der Waals surface area contributed by atoms with Crippen molar-refractivity contribution in [3.63, 3.8) is 0 Å². The Kier molecular flexibility index (Phi) is 11.0. The van der Waals surface area contributed by atoms with Gasteiger partial charge in [-0.05, 0) is 46.4 Å². The highest BCUT2D eigenvalue weighted by molar-refractivity contribution is 8.09. The Morgan fingerprint density at radius 1 is 1.00 bits per heavy atom. The molecule has 196 valence electrons. The molecule has 0 saturated carbocycles. The first-order valence-corrected chi connectivity index (χ1v) is 13.4. The van der Waals surface area contributed by atoms with E-state index < -0.39 is 38.5 Å². The molecular formula is C19H30N5O9PS. The van der Waals surface area contributed by atoms with Crippen molar-refractivity contribution in [3.8, 4) is 0 Å².